The zero-order valence-electron chi connectivity index (χ0n) is 15.4. The standard InChI is InChI=1S/C19H24N4O3/c1-12-17(14-10-13(24)4-5-15(14)21(12)3)19(26)23-9-8-22-7-6-20(2)18(25)16(22)11-23/h4-5,10,16,24H,6-9,11H2,1-3H3/t16-/m0/s1. The van der Waals surface area contributed by atoms with Gasteiger partial charge >= 0.3 is 0 Å². The van der Waals surface area contributed by atoms with Crippen molar-refractivity contribution < 1.29 is 14.7 Å². The number of aromatic nitrogens is 1. The lowest BCUT2D eigenvalue weighted by Crippen LogP contribution is -2.64. The average molecular weight is 356 g/mol. The van der Waals surface area contributed by atoms with Crippen LogP contribution in [0.25, 0.3) is 10.9 Å². The molecule has 0 unspecified atom stereocenters. The molecule has 4 rings (SSSR count). The Morgan fingerprint density at radius 1 is 1.15 bits per heavy atom. The maximum Gasteiger partial charge on any atom is 0.256 e. The topological polar surface area (TPSA) is 69.0 Å². The summed E-state index contributed by atoms with van der Waals surface area (Å²) in [4.78, 5) is 31.5. The number of hydrogen-bond donors (Lipinski definition) is 1. The number of aromatic hydroxyl groups is 1. The summed E-state index contributed by atoms with van der Waals surface area (Å²) in [6.07, 6.45) is 0. The zero-order chi connectivity index (χ0) is 18.6. The minimum absolute atomic E-state index is 0.0700. The molecule has 0 spiro atoms. The Hall–Kier alpha value is -2.54. The number of aryl methyl sites for hydroxylation is 1. The van der Waals surface area contributed by atoms with Crippen molar-refractivity contribution in [3.05, 3.63) is 29.5 Å². The number of benzene rings is 1. The molecule has 2 aliphatic rings. The van der Waals surface area contributed by atoms with E-state index in [1.807, 2.05) is 31.7 Å². The van der Waals surface area contributed by atoms with E-state index in [1.165, 1.54) is 0 Å². The van der Waals surface area contributed by atoms with Gasteiger partial charge in [-0.3, -0.25) is 14.5 Å². The molecule has 26 heavy (non-hydrogen) atoms. The molecule has 0 saturated carbocycles. The van der Waals surface area contributed by atoms with E-state index in [2.05, 4.69) is 4.90 Å². The average Bonchev–Trinajstić information content (AvgIpc) is 2.87. The van der Waals surface area contributed by atoms with Crippen molar-refractivity contribution in [3.63, 3.8) is 0 Å². The van der Waals surface area contributed by atoms with Crippen LogP contribution in [0.2, 0.25) is 0 Å². The number of rotatable bonds is 1. The fourth-order valence-electron chi connectivity index (χ4n) is 4.14. The normalized spacial score (nSPS) is 21.3. The predicted octanol–water partition coefficient (Wildman–Crippen LogP) is 0.791. The van der Waals surface area contributed by atoms with Gasteiger partial charge in [-0.25, -0.2) is 0 Å². The van der Waals surface area contributed by atoms with Gasteiger partial charge in [0, 0.05) is 63.4 Å². The second kappa shape index (κ2) is 6.02. The van der Waals surface area contributed by atoms with E-state index in [0.717, 1.165) is 29.7 Å². The SMILES string of the molecule is Cc1c(C(=O)N2CCN3CCN(C)C(=O)[C@@H]3C2)c2cc(O)ccc2n1C. The van der Waals surface area contributed by atoms with E-state index >= 15 is 0 Å². The van der Waals surface area contributed by atoms with Crippen LogP contribution in [0.4, 0.5) is 0 Å². The van der Waals surface area contributed by atoms with Crippen molar-refractivity contribution in [1.29, 1.82) is 0 Å². The van der Waals surface area contributed by atoms with Gasteiger partial charge in [0.15, 0.2) is 0 Å². The Morgan fingerprint density at radius 2 is 1.88 bits per heavy atom. The van der Waals surface area contributed by atoms with Gasteiger partial charge in [-0.1, -0.05) is 0 Å². The van der Waals surface area contributed by atoms with Crippen LogP contribution in [0, 0.1) is 6.92 Å². The highest BCUT2D eigenvalue weighted by molar-refractivity contribution is 6.09. The Kier molecular flexibility index (Phi) is 3.91. The number of fused-ring (bicyclic) bond motifs is 2. The van der Waals surface area contributed by atoms with Crippen LogP contribution in [0.15, 0.2) is 18.2 Å². The Morgan fingerprint density at radius 3 is 2.65 bits per heavy atom. The molecule has 1 atom stereocenters. The number of carbonyl (C=O) groups excluding carboxylic acids is 2. The summed E-state index contributed by atoms with van der Waals surface area (Å²) in [5.41, 5.74) is 2.39. The maximum absolute atomic E-state index is 13.3. The number of hydrogen-bond acceptors (Lipinski definition) is 4. The van der Waals surface area contributed by atoms with E-state index in [4.69, 9.17) is 0 Å². The van der Waals surface area contributed by atoms with E-state index < -0.39 is 0 Å². The molecule has 2 fully saturated rings. The molecule has 2 saturated heterocycles. The van der Waals surface area contributed by atoms with E-state index in [0.29, 0.717) is 25.2 Å². The van der Waals surface area contributed by atoms with Crippen LogP contribution < -0.4 is 0 Å². The highest BCUT2D eigenvalue weighted by Crippen LogP contribution is 2.30. The molecule has 0 radical (unpaired) electrons. The van der Waals surface area contributed by atoms with Gasteiger partial charge in [0.05, 0.1) is 5.56 Å². The largest absolute Gasteiger partial charge is 0.508 e. The van der Waals surface area contributed by atoms with Gasteiger partial charge in [0.2, 0.25) is 5.91 Å². The van der Waals surface area contributed by atoms with Crippen LogP contribution in [0.1, 0.15) is 16.1 Å². The zero-order valence-corrected chi connectivity index (χ0v) is 15.4. The lowest BCUT2D eigenvalue weighted by atomic mass is 10.0. The minimum Gasteiger partial charge on any atom is -0.508 e. The van der Waals surface area contributed by atoms with Gasteiger partial charge in [0.25, 0.3) is 5.91 Å². The number of phenolic OH excluding ortho intramolecular Hbond substituents is 1. The first-order chi connectivity index (χ1) is 12.4. The molecule has 0 aliphatic carbocycles. The first kappa shape index (κ1) is 16.9. The maximum atomic E-state index is 13.3. The van der Waals surface area contributed by atoms with E-state index in [1.54, 1.807) is 21.9 Å². The van der Waals surface area contributed by atoms with E-state index in [-0.39, 0.29) is 23.6 Å². The fourth-order valence-corrected chi connectivity index (χ4v) is 4.14. The van der Waals surface area contributed by atoms with E-state index in [9.17, 15) is 14.7 Å². The van der Waals surface area contributed by atoms with Crippen molar-refractivity contribution in [2.24, 2.45) is 7.05 Å². The number of carbonyl (C=O) groups is 2. The molecule has 7 nitrogen and oxygen atoms in total. The molecule has 2 aliphatic heterocycles. The third-order valence-electron chi connectivity index (χ3n) is 5.85. The van der Waals surface area contributed by atoms with Gasteiger partial charge in [-0.05, 0) is 25.1 Å². The Bertz CT molecular complexity index is 904. The van der Waals surface area contributed by atoms with Gasteiger partial charge in [-0.2, -0.15) is 0 Å². The summed E-state index contributed by atoms with van der Waals surface area (Å²) >= 11 is 0. The third-order valence-corrected chi connectivity index (χ3v) is 5.85. The monoisotopic (exact) mass is 356 g/mol. The predicted molar refractivity (Wildman–Crippen MR) is 98.2 cm³/mol. The molecular formula is C19H24N4O3. The van der Waals surface area contributed by atoms with Crippen molar-refractivity contribution in [1.82, 2.24) is 19.3 Å². The molecule has 138 valence electrons. The smallest absolute Gasteiger partial charge is 0.256 e. The molecule has 2 aromatic rings. The molecule has 2 amide bonds. The van der Waals surface area contributed by atoms with Crippen LogP contribution >= 0.6 is 0 Å². The number of likely N-dealkylation sites (N-methyl/N-ethyl adjacent to an activating group) is 1. The summed E-state index contributed by atoms with van der Waals surface area (Å²) in [5.74, 6) is 0.159. The summed E-state index contributed by atoms with van der Waals surface area (Å²) in [5, 5.41) is 10.6. The van der Waals surface area contributed by atoms with Gasteiger partial charge in [0.1, 0.15) is 11.8 Å². The van der Waals surface area contributed by atoms with Crippen LogP contribution in [-0.2, 0) is 11.8 Å². The van der Waals surface area contributed by atoms with Crippen LogP contribution in [0.5, 0.6) is 5.75 Å². The van der Waals surface area contributed by atoms with Crippen LogP contribution in [-0.4, -0.2) is 82.0 Å². The van der Waals surface area contributed by atoms with Crippen molar-refractivity contribution >= 4 is 22.7 Å². The summed E-state index contributed by atoms with van der Waals surface area (Å²) in [7, 11) is 3.74. The fraction of sp³-hybridized carbons (Fsp3) is 0.474. The molecule has 7 heteroatoms. The third kappa shape index (κ3) is 2.46. The quantitative estimate of drug-likeness (QED) is 0.820. The summed E-state index contributed by atoms with van der Waals surface area (Å²) in [6.45, 7) is 5.25. The Balaban J connectivity index is 1.68. The highest BCUT2D eigenvalue weighted by Gasteiger charge is 2.39. The second-order valence-electron chi connectivity index (χ2n) is 7.28. The second-order valence-corrected chi connectivity index (χ2v) is 7.28. The summed E-state index contributed by atoms with van der Waals surface area (Å²) in [6, 6.07) is 4.85. The first-order valence-corrected chi connectivity index (χ1v) is 8.95. The van der Waals surface area contributed by atoms with Crippen LogP contribution in [0.3, 0.4) is 0 Å². The first-order valence-electron chi connectivity index (χ1n) is 8.95. The number of phenols is 1. The Labute approximate surface area is 152 Å². The molecule has 1 N–H and O–H groups in total. The molecule has 3 heterocycles. The van der Waals surface area contributed by atoms with Crippen molar-refractivity contribution in [2.75, 3.05) is 39.8 Å². The summed E-state index contributed by atoms with van der Waals surface area (Å²) < 4.78 is 1.97. The van der Waals surface area contributed by atoms with Crippen molar-refractivity contribution in [3.8, 4) is 5.75 Å². The number of nitrogens with zero attached hydrogens (tertiary/aromatic N) is 4. The minimum atomic E-state index is -0.255. The molecular weight excluding hydrogens is 332 g/mol. The van der Waals surface area contributed by atoms with Crippen molar-refractivity contribution in [2.45, 2.75) is 13.0 Å². The molecule has 1 aromatic heterocycles. The highest BCUT2D eigenvalue weighted by atomic mass is 16.3. The van der Waals surface area contributed by atoms with Gasteiger partial charge in [-0.15, -0.1) is 0 Å². The van der Waals surface area contributed by atoms with Gasteiger partial charge < -0.3 is 19.5 Å². The molecule has 0 bridgehead atoms. The molecule has 1 aromatic carbocycles. The lowest BCUT2D eigenvalue weighted by molar-refractivity contribution is -0.142. The number of amides is 2. The number of piperazine rings is 2. The lowest BCUT2D eigenvalue weighted by Gasteiger charge is -2.45.